The van der Waals surface area contributed by atoms with E-state index in [-0.39, 0.29) is 23.5 Å². The van der Waals surface area contributed by atoms with E-state index in [1.807, 2.05) is 46.8 Å². The summed E-state index contributed by atoms with van der Waals surface area (Å²) in [5, 5.41) is 12.8. The van der Waals surface area contributed by atoms with E-state index in [0.717, 1.165) is 16.7 Å². The van der Waals surface area contributed by atoms with Crippen LogP contribution in [-0.2, 0) is 0 Å². The van der Waals surface area contributed by atoms with Gasteiger partial charge in [0.05, 0.1) is 6.10 Å². The fraction of sp³-hybridized carbons (Fsp3) is 0.562. The van der Waals surface area contributed by atoms with Crippen LogP contribution in [0.25, 0.3) is 0 Å². The van der Waals surface area contributed by atoms with Crippen LogP contribution < -0.4 is 5.32 Å². The Morgan fingerprint density at radius 2 is 1.79 bits per heavy atom. The van der Waals surface area contributed by atoms with Gasteiger partial charge in [0, 0.05) is 17.0 Å². The van der Waals surface area contributed by atoms with Gasteiger partial charge in [-0.1, -0.05) is 31.5 Å². The summed E-state index contributed by atoms with van der Waals surface area (Å²) in [6, 6.07) is 4.11. The number of hydrogen-bond acceptors (Lipinski definition) is 2. The van der Waals surface area contributed by atoms with Crippen LogP contribution in [0.4, 0.5) is 0 Å². The molecule has 2 rings (SSSR count). The Labute approximate surface area is 115 Å². The predicted molar refractivity (Wildman–Crippen MR) is 76.3 cm³/mol. The largest absolute Gasteiger partial charge is 0.392 e. The third-order valence-corrected chi connectivity index (χ3v) is 4.43. The monoisotopic (exact) mass is 261 g/mol. The summed E-state index contributed by atoms with van der Waals surface area (Å²) < 4.78 is 0. The second kappa shape index (κ2) is 4.64. The van der Waals surface area contributed by atoms with E-state index in [4.69, 9.17) is 0 Å². The van der Waals surface area contributed by atoms with Crippen molar-refractivity contribution in [2.24, 2.45) is 5.41 Å². The first-order chi connectivity index (χ1) is 8.73. The maximum absolute atomic E-state index is 12.4. The first-order valence-electron chi connectivity index (χ1n) is 6.80. The zero-order chi connectivity index (χ0) is 14.4. The molecule has 1 saturated carbocycles. The van der Waals surface area contributed by atoms with Crippen LogP contribution in [0, 0.1) is 26.2 Å². The van der Waals surface area contributed by atoms with Gasteiger partial charge >= 0.3 is 0 Å². The summed E-state index contributed by atoms with van der Waals surface area (Å²) in [7, 11) is 0. The third-order valence-electron chi connectivity index (χ3n) is 4.43. The summed E-state index contributed by atoms with van der Waals surface area (Å²) in [6.07, 6.45) is 0.320. The first kappa shape index (κ1) is 14.1. The van der Waals surface area contributed by atoms with Crippen molar-refractivity contribution in [2.45, 2.75) is 53.2 Å². The van der Waals surface area contributed by atoms with E-state index in [1.54, 1.807) is 0 Å². The van der Waals surface area contributed by atoms with Crippen LogP contribution in [0.15, 0.2) is 12.1 Å². The Kier molecular flexibility index (Phi) is 3.43. The summed E-state index contributed by atoms with van der Waals surface area (Å²) in [5.74, 6) is -0.0278. The number of rotatable bonds is 2. The van der Waals surface area contributed by atoms with Crippen LogP contribution in [0.2, 0.25) is 0 Å². The molecular weight excluding hydrogens is 238 g/mol. The van der Waals surface area contributed by atoms with E-state index in [1.165, 1.54) is 5.56 Å². The number of carbonyl (C=O) groups excluding carboxylic acids is 1. The van der Waals surface area contributed by atoms with Crippen molar-refractivity contribution in [1.29, 1.82) is 0 Å². The molecule has 3 nitrogen and oxygen atoms in total. The highest BCUT2D eigenvalue weighted by atomic mass is 16.3. The summed E-state index contributed by atoms with van der Waals surface area (Å²) in [5.41, 5.74) is 3.72. The zero-order valence-corrected chi connectivity index (χ0v) is 12.4. The molecular formula is C16H23NO2. The van der Waals surface area contributed by atoms with Gasteiger partial charge in [-0.3, -0.25) is 4.79 Å². The molecule has 0 aromatic heterocycles. The number of carbonyl (C=O) groups is 1. The fourth-order valence-electron chi connectivity index (χ4n) is 2.92. The van der Waals surface area contributed by atoms with Crippen LogP contribution in [-0.4, -0.2) is 23.2 Å². The lowest BCUT2D eigenvalue weighted by molar-refractivity contribution is -0.0689. The second-order valence-electron chi connectivity index (χ2n) is 6.37. The molecule has 2 unspecified atom stereocenters. The third kappa shape index (κ3) is 2.39. The minimum atomic E-state index is -0.321. The number of benzene rings is 1. The van der Waals surface area contributed by atoms with E-state index < -0.39 is 0 Å². The van der Waals surface area contributed by atoms with Crippen molar-refractivity contribution in [2.75, 3.05) is 0 Å². The lowest BCUT2D eigenvalue weighted by Gasteiger charge is -2.49. The van der Waals surface area contributed by atoms with Gasteiger partial charge < -0.3 is 10.4 Å². The number of nitrogens with one attached hydrogen (secondary N) is 1. The van der Waals surface area contributed by atoms with E-state index in [2.05, 4.69) is 5.32 Å². The highest BCUT2D eigenvalue weighted by Crippen LogP contribution is 2.40. The van der Waals surface area contributed by atoms with Gasteiger partial charge in [0.15, 0.2) is 0 Å². The molecule has 0 aliphatic heterocycles. The number of amides is 1. The number of aryl methyl sites for hydroxylation is 3. The quantitative estimate of drug-likeness (QED) is 0.859. The lowest BCUT2D eigenvalue weighted by atomic mass is 9.64. The molecule has 1 fully saturated rings. The van der Waals surface area contributed by atoms with Crippen molar-refractivity contribution in [3.05, 3.63) is 34.4 Å². The molecule has 0 saturated heterocycles. The van der Waals surface area contributed by atoms with Gasteiger partial charge in [-0.25, -0.2) is 0 Å². The molecule has 104 valence electrons. The molecule has 1 amide bonds. The summed E-state index contributed by atoms with van der Waals surface area (Å²) >= 11 is 0. The molecule has 1 aromatic rings. The van der Waals surface area contributed by atoms with Gasteiger partial charge in [0.1, 0.15) is 0 Å². The summed E-state index contributed by atoms with van der Waals surface area (Å²) in [4.78, 5) is 12.4. The predicted octanol–water partition coefficient (Wildman–Crippen LogP) is 2.50. The molecule has 0 spiro atoms. The van der Waals surface area contributed by atoms with Crippen LogP contribution in [0.3, 0.4) is 0 Å². The maximum atomic E-state index is 12.4. The van der Waals surface area contributed by atoms with Crippen molar-refractivity contribution >= 4 is 5.91 Å². The van der Waals surface area contributed by atoms with Gasteiger partial charge in [0.25, 0.3) is 5.91 Å². The van der Waals surface area contributed by atoms with Crippen molar-refractivity contribution in [3.63, 3.8) is 0 Å². The minimum Gasteiger partial charge on any atom is -0.392 e. The molecule has 0 bridgehead atoms. The Bertz CT molecular complexity index is 496. The second-order valence-corrected chi connectivity index (χ2v) is 6.37. The zero-order valence-electron chi connectivity index (χ0n) is 12.4. The molecule has 2 atom stereocenters. The molecule has 0 radical (unpaired) electrons. The average Bonchev–Trinajstić information content (AvgIpc) is 2.27. The highest BCUT2D eigenvalue weighted by Gasteiger charge is 2.48. The average molecular weight is 261 g/mol. The van der Waals surface area contributed by atoms with E-state index in [0.29, 0.717) is 6.42 Å². The Morgan fingerprint density at radius 3 is 2.21 bits per heavy atom. The highest BCUT2D eigenvalue weighted by molar-refractivity contribution is 5.97. The van der Waals surface area contributed by atoms with E-state index >= 15 is 0 Å². The smallest absolute Gasteiger partial charge is 0.252 e. The lowest BCUT2D eigenvalue weighted by Crippen LogP contribution is -2.61. The van der Waals surface area contributed by atoms with Crippen LogP contribution in [0.1, 0.15) is 47.3 Å². The SMILES string of the molecule is Cc1cc(C)c(C(=O)NC2CC(O)C2(C)C)c(C)c1. The Morgan fingerprint density at radius 1 is 1.26 bits per heavy atom. The normalized spacial score (nSPS) is 24.7. The maximum Gasteiger partial charge on any atom is 0.252 e. The number of hydrogen-bond donors (Lipinski definition) is 2. The van der Waals surface area contributed by atoms with Crippen LogP contribution in [0.5, 0.6) is 0 Å². The molecule has 19 heavy (non-hydrogen) atoms. The molecule has 2 N–H and O–H groups in total. The number of aliphatic hydroxyl groups is 1. The molecule has 1 aliphatic rings. The van der Waals surface area contributed by atoms with Crippen molar-refractivity contribution in [3.8, 4) is 0 Å². The van der Waals surface area contributed by atoms with Gasteiger partial charge in [-0.2, -0.15) is 0 Å². The first-order valence-corrected chi connectivity index (χ1v) is 6.80. The molecule has 1 aliphatic carbocycles. The number of aliphatic hydroxyl groups excluding tert-OH is 1. The van der Waals surface area contributed by atoms with Gasteiger partial charge in [-0.05, 0) is 38.3 Å². The summed E-state index contributed by atoms with van der Waals surface area (Å²) in [6.45, 7) is 9.94. The van der Waals surface area contributed by atoms with Gasteiger partial charge in [0.2, 0.25) is 0 Å². The standard InChI is InChI=1S/C16H23NO2/c1-9-6-10(2)14(11(3)7-9)15(19)17-12-8-13(18)16(12,4)5/h6-7,12-13,18H,8H2,1-5H3,(H,17,19). The molecule has 3 heteroatoms. The van der Waals surface area contributed by atoms with Gasteiger partial charge in [-0.15, -0.1) is 0 Å². The minimum absolute atomic E-state index is 0.0278. The molecule has 0 heterocycles. The van der Waals surface area contributed by atoms with Crippen molar-refractivity contribution in [1.82, 2.24) is 5.32 Å². The molecule has 1 aromatic carbocycles. The Hall–Kier alpha value is -1.35. The van der Waals surface area contributed by atoms with Crippen LogP contribution >= 0.6 is 0 Å². The Balaban J connectivity index is 2.18. The van der Waals surface area contributed by atoms with E-state index in [9.17, 15) is 9.90 Å². The topological polar surface area (TPSA) is 49.3 Å². The fourth-order valence-corrected chi connectivity index (χ4v) is 2.92. The van der Waals surface area contributed by atoms with Crippen molar-refractivity contribution < 1.29 is 9.90 Å².